The smallest absolute Gasteiger partial charge is 0.282 e. The Bertz CT molecular complexity index is 439. The van der Waals surface area contributed by atoms with Crippen molar-refractivity contribution in [1.29, 1.82) is 0 Å². The molecule has 0 saturated heterocycles. The Morgan fingerprint density at radius 2 is 2.15 bits per heavy atom. The summed E-state index contributed by atoms with van der Waals surface area (Å²) in [4.78, 5) is 3.82. The second-order valence-electron chi connectivity index (χ2n) is 2.52. The van der Waals surface area contributed by atoms with Crippen LogP contribution in [0.15, 0.2) is 24.4 Å². The molecular weight excluding hydrogens is 289 g/mol. The van der Waals surface area contributed by atoms with Crippen LogP contribution in [0, 0.1) is 3.70 Å². The molecule has 0 spiro atoms. The van der Waals surface area contributed by atoms with Gasteiger partial charge in [0.05, 0.1) is 0 Å². The fraction of sp³-hybridized carbons (Fsp3) is 0.125. The van der Waals surface area contributed by atoms with Crippen molar-refractivity contribution in [3.8, 4) is 0 Å². The Hall–Kier alpha value is -0.720. The normalized spacial score (nSPS) is 11.4. The molecule has 0 fully saturated rings. The first-order chi connectivity index (χ1) is 6.20. The van der Waals surface area contributed by atoms with Crippen molar-refractivity contribution < 1.29 is 8.78 Å². The quantitative estimate of drug-likeness (QED) is 0.739. The highest BCUT2D eigenvalue weighted by molar-refractivity contribution is 14.1. The minimum absolute atomic E-state index is 0.146. The maximum Gasteiger partial charge on any atom is 0.282 e. The van der Waals surface area contributed by atoms with E-state index >= 15 is 0 Å². The summed E-state index contributed by atoms with van der Waals surface area (Å²) in [5.74, 6) is 0. The average Bonchev–Trinajstić information content (AvgIpc) is 2.45. The number of hydrogen-bond donors (Lipinski definition) is 0. The molecule has 2 heterocycles. The van der Waals surface area contributed by atoms with Crippen molar-refractivity contribution in [2.24, 2.45) is 0 Å². The van der Waals surface area contributed by atoms with Crippen LogP contribution in [0.2, 0.25) is 0 Å². The molecule has 2 aromatic heterocycles. The summed E-state index contributed by atoms with van der Waals surface area (Å²) in [7, 11) is 0. The predicted molar refractivity (Wildman–Crippen MR) is 52.9 cm³/mol. The summed E-state index contributed by atoms with van der Waals surface area (Å²) in [6, 6.07) is 5.26. The largest absolute Gasteiger partial charge is 0.295 e. The third-order valence-corrected chi connectivity index (χ3v) is 2.78. The summed E-state index contributed by atoms with van der Waals surface area (Å²) in [5.41, 5.74) is 0.411. The molecule has 0 amide bonds. The highest BCUT2D eigenvalue weighted by Crippen LogP contribution is 2.24. The Morgan fingerprint density at radius 1 is 1.38 bits per heavy atom. The number of fused-ring (bicyclic) bond motifs is 1. The predicted octanol–water partition coefficient (Wildman–Crippen LogP) is 2.88. The van der Waals surface area contributed by atoms with Gasteiger partial charge in [0.15, 0.2) is 0 Å². The van der Waals surface area contributed by atoms with E-state index in [1.165, 1.54) is 0 Å². The maximum atomic E-state index is 12.4. The maximum absolute atomic E-state index is 12.4. The van der Waals surface area contributed by atoms with Crippen LogP contribution in [-0.4, -0.2) is 9.38 Å². The van der Waals surface area contributed by atoms with Crippen molar-refractivity contribution in [3.05, 3.63) is 33.8 Å². The number of hydrogen-bond acceptors (Lipinski definition) is 1. The number of rotatable bonds is 1. The summed E-state index contributed by atoms with van der Waals surface area (Å²) in [5, 5.41) is 0. The molecule has 0 aliphatic rings. The van der Waals surface area contributed by atoms with Crippen LogP contribution in [0.1, 0.15) is 12.1 Å². The fourth-order valence-electron chi connectivity index (χ4n) is 1.12. The van der Waals surface area contributed by atoms with Crippen LogP contribution < -0.4 is 0 Å². The van der Waals surface area contributed by atoms with E-state index in [4.69, 9.17) is 0 Å². The van der Waals surface area contributed by atoms with Gasteiger partial charge in [0.25, 0.3) is 6.43 Å². The molecule has 2 aromatic rings. The molecule has 0 aliphatic carbocycles. The van der Waals surface area contributed by atoms with E-state index < -0.39 is 6.43 Å². The molecule has 2 rings (SSSR count). The summed E-state index contributed by atoms with van der Waals surface area (Å²) in [6.45, 7) is 0. The van der Waals surface area contributed by atoms with Gasteiger partial charge in [0.2, 0.25) is 0 Å². The number of alkyl halides is 2. The van der Waals surface area contributed by atoms with Gasteiger partial charge in [-0.1, -0.05) is 6.07 Å². The number of aromatic nitrogens is 2. The van der Waals surface area contributed by atoms with E-state index in [-0.39, 0.29) is 5.69 Å². The summed E-state index contributed by atoms with van der Waals surface area (Å²) in [6.07, 6.45) is -0.789. The Labute approximate surface area is 86.7 Å². The molecule has 0 aromatic carbocycles. The lowest BCUT2D eigenvalue weighted by atomic mass is 10.5. The van der Waals surface area contributed by atoms with Crippen LogP contribution in [-0.2, 0) is 0 Å². The number of imidazole rings is 1. The third kappa shape index (κ3) is 1.41. The van der Waals surface area contributed by atoms with E-state index in [1.807, 2.05) is 22.6 Å². The summed E-state index contributed by atoms with van der Waals surface area (Å²) < 4.78 is 26.9. The minimum Gasteiger partial charge on any atom is -0.295 e. The van der Waals surface area contributed by atoms with Crippen molar-refractivity contribution >= 4 is 28.2 Å². The van der Waals surface area contributed by atoms with Gasteiger partial charge in [-0.05, 0) is 34.7 Å². The van der Waals surface area contributed by atoms with Crippen molar-refractivity contribution in [1.82, 2.24) is 9.38 Å². The van der Waals surface area contributed by atoms with Crippen molar-refractivity contribution in [3.63, 3.8) is 0 Å². The van der Waals surface area contributed by atoms with Gasteiger partial charge >= 0.3 is 0 Å². The van der Waals surface area contributed by atoms with E-state index in [0.717, 1.165) is 0 Å². The Morgan fingerprint density at radius 3 is 2.77 bits per heavy atom. The first-order valence-corrected chi connectivity index (χ1v) is 4.68. The first-order valence-electron chi connectivity index (χ1n) is 3.61. The molecule has 68 valence electrons. The third-order valence-electron chi connectivity index (χ3n) is 1.70. The molecule has 0 N–H and O–H groups in total. The zero-order chi connectivity index (χ0) is 9.42. The molecule has 0 bridgehead atoms. The van der Waals surface area contributed by atoms with E-state index in [2.05, 4.69) is 4.98 Å². The number of pyridine rings is 1. The van der Waals surface area contributed by atoms with Gasteiger partial charge < -0.3 is 0 Å². The van der Waals surface area contributed by atoms with Crippen LogP contribution in [0.4, 0.5) is 8.78 Å². The highest BCUT2D eigenvalue weighted by atomic mass is 127. The molecule has 0 atom stereocenters. The number of halogens is 3. The Balaban J connectivity index is 2.74. The lowest BCUT2D eigenvalue weighted by molar-refractivity contribution is 0.145. The minimum atomic E-state index is -2.51. The monoisotopic (exact) mass is 294 g/mol. The molecule has 0 radical (unpaired) electrons. The molecule has 5 heteroatoms. The van der Waals surface area contributed by atoms with E-state index in [1.54, 1.807) is 28.8 Å². The van der Waals surface area contributed by atoms with Gasteiger partial charge in [-0.25, -0.2) is 13.8 Å². The molecular formula is C8H5F2IN2. The molecule has 0 saturated carbocycles. The topological polar surface area (TPSA) is 17.3 Å². The SMILES string of the molecule is FC(F)c1nc2ccccn2c1I. The van der Waals surface area contributed by atoms with Gasteiger partial charge in [-0.3, -0.25) is 4.40 Å². The average molecular weight is 294 g/mol. The van der Waals surface area contributed by atoms with Crippen LogP contribution in [0.5, 0.6) is 0 Å². The summed E-state index contributed by atoms with van der Waals surface area (Å²) >= 11 is 1.87. The van der Waals surface area contributed by atoms with Gasteiger partial charge in [0, 0.05) is 6.20 Å². The van der Waals surface area contributed by atoms with Crippen LogP contribution in [0.25, 0.3) is 5.65 Å². The lowest BCUT2D eigenvalue weighted by Crippen LogP contribution is -1.89. The molecule has 0 unspecified atom stereocenters. The van der Waals surface area contributed by atoms with Gasteiger partial charge in [-0.15, -0.1) is 0 Å². The molecule has 13 heavy (non-hydrogen) atoms. The zero-order valence-electron chi connectivity index (χ0n) is 6.42. The van der Waals surface area contributed by atoms with E-state index in [9.17, 15) is 8.78 Å². The van der Waals surface area contributed by atoms with Gasteiger partial charge in [-0.2, -0.15) is 0 Å². The zero-order valence-corrected chi connectivity index (χ0v) is 8.57. The Kier molecular flexibility index (Phi) is 2.19. The fourth-order valence-corrected chi connectivity index (χ4v) is 1.89. The molecule has 0 aliphatic heterocycles. The van der Waals surface area contributed by atoms with Crippen molar-refractivity contribution in [2.45, 2.75) is 6.43 Å². The first kappa shape index (κ1) is 8.86. The lowest BCUT2D eigenvalue weighted by Gasteiger charge is -1.94. The van der Waals surface area contributed by atoms with Crippen molar-refractivity contribution in [2.75, 3.05) is 0 Å². The van der Waals surface area contributed by atoms with E-state index in [0.29, 0.717) is 9.35 Å². The van der Waals surface area contributed by atoms with Gasteiger partial charge in [0.1, 0.15) is 15.0 Å². The van der Waals surface area contributed by atoms with Crippen LogP contribution in [0.3, 0.4) is 0 Å². The second kappa shape index (κ2) is 3.21. The highest BCUT2D eigenvalue weighted by Gasteiger charge is 2.17. The van der Waals surface area contributed by atoms with Crippen LogP contribution >= 0.6 is 22.6 Å². The second-order valence-corrected chi connectivity index (χ2v) is 3.54. The number of nitrogens with zero attached hydrogens (tertiary/aromatic N) is 2. The standard InChI is InChI=1S/C8H5F2IN2/c9-7(10)6-8(11)13-4-2-1-3-5(13)12-6/h1-4,7H. The molecule has 2 nitrogen and oxygen atoms in total.